The molecule has 9 nitrogen and oxygen atoms in total. The number of fused-ring (bicyclic) bond motifs is 1. The zero-order chi connectivity index (χ0) is 30.3. The van der Waals surface area contributed by atoms with Crippen molar-refractivity contribution in [2.75, 3.05) is 11.0 Å². The smallest absolute Gasteiger partial charge is 0.408 e. The molecule has 1 amide bonds. The maximum Gasteiger partial charge on any atom is 0.408 e. The summed E-state index contributed by atoms with van der Waals surface area (Å²) in [7, 11) is -2.04. The summed E-state index contributed by atoms with van der Waals surface area (Å²) in [5, 5.41) is 7.73. The lowest BCUT2D eigenvalue weighted by Gasteiger charge is -2.25. The van der Waals surface area contributed by atoms with Gasteiger partial charge in [0.15, 0.2) is 5.82 Å². The quantitative estimate of drug-likeness (QED) is 0.232. The molecule has 41 heavy (non-hydrogen) atoms. The highest BCUT2D eigenvalue weighted by Gasteiger charge is 2.27. The van der Waals surface area contributed by atoms with Gasteiger partial charge in [-0.3, -0.25) is 14.4 Å². The van der Waals surface area contributed by atoms with Crippen LogP contribution >= 0.6 is 27.5 Å². The highest BCUT2D eigenvalue weighted by molar-refractivity contribution is 9.10. The van der Waals surface area contributed by atoms with E-state index in [1.807, 2.05) is 0 Å². The molecule has 0 aliphatic heterocycles. The van der Waals surface area contributed by atoms with Crippen molar-refractivity contribution in [2.45, 2.75) is 38.8 Å². The van der Waals surface area contributed by atoms with Gasteiger partial charge in [-0.05, 0) is 73.0 Å². The molecule has 2 aromatic carbocycles. The van der Waals surface area contributed by atoms with Crippen LogP contribution < -0.4 is 10.0 Å². The van der Waals surface area contributed by atoms with Gasteiger partial charge in [-0.2, -0.15) is 5.10 Å². The number of halogens is 4. The van der Waals surface area contributed by atoms with Crippen LogP contribution in [0.1, 0.15) is 38.1 Å². The first-order chi connectivity index (χ1) is 19.0. The molecule has 14 heteroatoms. The summed E-state index contributed by atoms with van der Waals surface area (Å²) in [6, 6.07) is 7.29. The standard InChI is InChI=1S/C27H27BrClF2N5O4S/c1-27(2,3)40-26(37)33-21(10-14-8-16(30)12-17(31)9-14)23-19(11-15(28)13-32-23)18-6-7-20(29)22-24(18)36(4)34-25(22)35-41(5,38)39/h6-9,11-13,21H,10H2,1-5H3,(H,33,37)(H,34,35)/t21-/m0/s1. The van der Waals surface area contributed by atoms with Crippen molar-refractivity contribution in [2.24, 2.45) is 7.05 Å². The number of aromatic nitrogens is 3. The van der Waals surface area contributed by atoms with Gasteiger partial charge in [-0.1, -0.05) is 17.7 Å². The van der Waals surface area contributed by atoms with Crippen LogP contribution in [0.3, 0.4) is 0 Å². The molecule has 2 aromatic heterocycles. The van der Waals surface area contributed by atoms with E-state index >= 15 is 0 Å². The minimum atomic E-state index is -3.68. The van der Waals surface area contributed by atoms with E-state index < -0.39 is 39.4 Å². The second-order valence-corrected chi connectivity index (χ2v) is 13.5. The number of pyridine rings is 1. The van der Waals surface area contributed by atoms with Crippen LogP contribution in [-0.2, 0) is 28.2 Å². The number of benzene rings is 2. The number of carbonyl (C=O) groups is 1. The fraction of sp³-hybridized carbons (Fsp3) is 0.296. The van der Waals surface area contributed by atoms with Crippen LogP contribution in [0.2, 0.25) is 5.02 Å². The Kier molecular flexibility index (Phi) is 8.63. The molecular weight excluding hydrogens is 644 g/mol. The Hall–Kier alpha value is -3.29. The maximum atomic E-state index is 14.1. The second-order valence-electron chi connectivity index (χ2n) is 10.4. The van der Waals surface area contributed by atoms with Gasteiger partial charge in [-0.25, -0.2) is 22.0 Å². The van der Waals surface area contributed by atoms with E-state index in [0.29, 0.717) is 32.2 Å². The number of sulfonamides is 1. The number of aryl methyl sites for hydroxylation is 1. The highest BCUT2D eigenvalue weighted by atomic mass is 79.9. The van der Waals surface area contributed by atoms with Crippen LogP contribution in [0.5, 0.6) is 0 Å². The van der Waals surface area contributed by atoms with E-state index in [4.69, 9.17) is 16.3 Å². The van der Waals surface area contributed by atoms with E-state index in [9.17, 15) is 22.0 Å². The normalized spacial score (nSPS) is 12.8. The number of alkyl carbamates (subject to hydrolysis) is 1. The average molecular weight is 671 g/mol. The molecule has 4 rings (SSSR count). The van der Waals surface area contributed by atoms with Gasteiger partial charge in [0.25, 0.3) is 0 Å². The molecule has 0 spiro atoms. The van der Waals surface area contributed by atoms with Crippen molar-refractivity contribution in [1.82, 2.24) is 20.1 Å². The summed E-state index contributed by atoms with van der Waals surface area (Å²) in [5.41, 5.74) is 1.39. The van der Waals surface area contributed by atoms with Gasteiger partial charge in [0, 0.05) is 34.9 Å². The molecule has 0 saturated heterocycles. The Morgan fingerprint density at radius 1 is 1.15 bits per heavy atom. The van der Waals surface area contributed by atoms with Crippen LogP contribution in [0.15, 0.2) is 47.1 Å². The number of carbonyl (C=O) groups excluding carboxylic acids is 1. The number of amides is 1. The van der Waals surface area contributed by atoms with Crippen molar-refractivity contribution in [3.63, 3.8) is 0 Å². The molecule has 0 saturated carbocycles. The lowest BCUT2D eigenvalue weighted by Crippen LogP contribution is -2.36. The van der Waals surface area contributed by atoms with Gasteiger partial charge in [0.2, 0.25) is 10.0 Å². The van der Waals surface area contributed by atoms with Crippen LogP contribution in [0.25, 0.3) is 22.0 Å². The Bertz CT molecular complexity index is 1740. The Labute approximate surface area is 249 Å². The first kappa shape index (κ1) is 30.7. The van der Waals surface area contributed by atoms with Crippen molar-refractivity contribution in [3.05, 3.63) is 75.0 Å². The second kappa shape index (κ2) is 11.5. The number of nitrogens with zero attached hydrogens (tertiary/aromatic N) is 3. The summed E-state index contributed by atoms with van der Waals surface area (Å²) >= 11 is 9.95. The topological polar surface area (TPSA) is 115 Å². The van der Waals surface area contributed by atoms with E-state index in [2.05, 4.69) is 36.1 Å². The number of rotatable bonds is 7. The molecule has 0 aliphatic rings. The lowest BCUT2D eigenvalue weighted by molar-refractivity contribution is 0.0502. The SMILES string of the molecule is Cn1nc(NS(C)(=O)=O)c2c(Cl)ccc(-c3cc(Br)cnc3[C@H](Cc3cc(F)cc(F)c3)NC(=O)OC(C)(C)C)c21. The Morgan fingerprint density at radius 2 is 1.80 bits per heavy atom. The summed E-state index contributed by atoms with van der Waals surface area (Å²) < 4.78 is 62.1. The van der Waals surface area contributed by atoms with Crippen LogP contribution in [0.4, 0.5) is 19.4 Å². The largest absolute Gasteiger partial charge is 0.444 e. The Morgan fingerprint density at radius 3 is 2.41 bits per heavy atom. The molecule has 4 aromatic rings. The zero-order valence-electron chi connectivity index (χ0n) is 22.7. The zero-order valence-corrected chi connectivity index (χ0v) is 25.9. The van der Waals surface area contributed by atoms with Crippen molar-refractivity contribution >= 4 is 60.4 Å². The third-order valence-corrected chi connectivity index (χ3v) is 7.09. The minimum absolute atomic E-state index is 0.0292. The van der Waals surface area contributed by atoms with Crippen molar-refractivity contribution in [1.29, 1.82) is 0 Å². The number of nitrogens with one attached hydrogen (secondary N) is 2. The summed E-state index contributed by atoms with van der Waals surface area (Å²) in [6.45, 7) is 5.13. The van der Waals surface area contributed by atoms with E-state index in [1.54, 1.807) is 46.0 Å². The Balaban J connectivity index is 1.92. The number of hydrogen-bond donors (Lipinski definition) is 2. The van der Waals surface area contributed by atoms with Gasteiger partial charge in [0.05, 0.1) is 33.9 Å². The van der Waals surface area contributed by atoms with Crippen LogP contribution in [0, 0.1) is 11.6 Å². The van der Waals surface area contributed by atoms with E-state index in [-0.39, 0.29) is 22.8 Å². The minimum Gasteiger partial charge on any atom is -0.444 e. The summed E-state index contributed by atoms with van der Waals surface area (Å²) in [5.74, 6) is -1.49. The first-order valence-corrected chi connectivity index (χ1v) is 15.3. The van der Waals surface area contributed by atoms with Crippen molar-refractivity contribution < 1.29 is 26.7 Å². The molecule has 0 aliphatic carbocycles. The fourth-order valence-electron chi connectivity index (χ4n) is 4.42. The summed E-state index contributed by atoms with van der Waals surface area (Å²) in [6.07, 6.45) is 1.75. The molecule has 218 valence electrons. The molecule has 0 unspecified atom stereocenters. The molecule has 0 fully saturated rings. The van der Waals surface area contributed by atoms with Gasteiger partial charge < -0.3 is 10.1 Å². The molecule has 2 N–H and O–H groups in total. The predicted molar refractivity (Wildman–Crippen MR) is 157 cm³/mol. The third kappa shape index (κ3) is 7.52. The highest BCUT2D eigenvalue weighted by Crippen LogP contribution is 2.40. The monoisotopic (exact) mass is 669 g/mol. The average Bonchev–Trinajstić information content (AvgIpc) is 3.12. The van der Waals surface area contributed by atoms with E-state index in [1.165, 1.54) is 23.0 Å². The third-order valence-electron chi connectivity index (χ3n) is 5.78. The van der Waals surface area contributed by atoms with Gasteiger partial charge in [0.1, 0.15) is 17.2 Å². The number of hydrogen-bond acceptors (Lipinski definition) is 6. The fourth-order valence-corrected chi connectivity index (χ4v) is 5.48. The van der Waals surface area contributed by atoms with Gasteiger partial charge >= 0.3 is 6.09 Å². The predicted octanol–water partition coefficient (Wildman–Crippen LogP) is 6.51. The molecule has 0 bridgehead atoms. The molecule has 2 heterocycles. The lowest BCUT2D eigenvalue weighted by atomic mass is 9.94. The van der Waals surface area contributed by atoms with Crippen molar-refractivity contribution in [3.8, 4) is 11.1 Å². The molecular formula is C27H27BrClF2N5O4S. The number of ether oxygens (including phenoxy) is 1. The van der Waals surface area contributed by atoms with Gasteiger partial charge in [-0.15, -0.1) is 0 Å². The molecule has 0 radical (unpaired) electrons. The first-order valence-electron chi connectivity index (χ1n) is 12.2. The molecule has 1 atom stereocenters. The summed E-state index contributed by atoms with van der Waals surface area (Å²) in [4.78, 5) is 17.5. The van der Waals surface area contributed by atoms with Crippen LogP contribution in [-0.4, -0.2) is 41.1 Å². The maximum absolute atomic E-state index is 14.1. The number of anilines is 1. The van der Waals surface area contributed by atoms with E-state index in [0.717, 1.165) is 12.3 Å².